The average molecular weight is 276 g/mol. The third-order valence-electron chi connectivity index (χ3n) is 3.70. The number of hydrogen-bond acceptors (Lipinski definition) is 5. The molecule has 1 heterocycles. The Morgan fingerprint density at radius 3 is 2.47 bits per heavy atom. The third-order valence-corrected chi connectivity index (χ3v) is 4.37. The molecule has 3 rings (SSSR count). The Morgan fingerprint density at radius 1 is 1.21 bits per heavy atom. The van der Waals surface area contributed by atoms with E-state index in [0.29, 0.717) is 5.13 Å². The Bertz CT molecular complexity index is 605. The van der Waals surface area contributed by atoms with Crippen molar-refractivity contribution in [3.63, 3.8) is 0 Å². The Kier molecular flexibility index (Phi) is 2.86. The summed E-state index contributed by atoms with van der Waals surface area (Å²) < 4.78 is 10.6. The number of ether oxygens (including phenoxy) is 2. The van der Waals surface area contributed by atoms with Gasteiger partial charge in [0.1, 0.15) is 0 Å². The first-order chi connectivity index (χ1) is 9.19. The van der Waals surface area contributed by atoms with E-state index in [1.165, 1.54) is 16.9 Å². The quantitative estimate of drug-likeness (QED) is 0.933. The van der Waals surface area contributed by atoms with Gasteiger partial charge in [-0.3, -0.25) is 0 Å². The van der Waals surface area contributed by atoms with Crippen molar-refractivity contribution in [2.75, 3.05) is 20.0 Å². The van der Waals surface area contributed by atoms with Crippen LogP contribution in [0.3, 0.4) is 0 Å². The maximum atomic E-state index is 5.75. The summed E-state index contributed by atoms with van der Waals surface area (Å²) >= 11 is 1.49. The molecule has 0 aliphatic heterocycles. The van der Waals surface area contributed by atoms with E-state index in [1.807, 2.05) is 12.1 Å². The highest BCUT2D eigenvalue weighted by Gasteiger charge is 2.48. The summed E-state index contributed by atoms with van der Waals surface area (Å²) in [5, 5.41) is 2.68. The summed E-state index contributed by atoms with van der Waals surface area (Å²) in [4.78, 5) is 4.44. The van der Waals surface area contributed by atoms with Crippen molar-refractivity contribution >= 4 is 16.5 Å². The molecule has 0 unspecified atom stereocenters. The van der Waals surface area contributed by atoms with Crippen LogP contribution in [0.4, 0.5) is 5.13 Å². The number of nitrogens with zero attached hydrogens (tertiary/aromatic N) is 1. The van der Waals surface area contributed by atoms with Crippen molar-refractivity contribution < 1.29 is 9.47 Å². The van der Waals surface area contributed by atoms with E-state index >= 15 is 0 Å². The van der Waals surface area contributed by atoms with Gasteiger partial charge in [-0.2, -0.15) is 0 Å². The minimum Gasteiger partial charge on any atom is -0.493 e. The maximum absolute atomic E-state index is 5.75. The molecule has 0 saturated heterocycles. The highest BCUT2D eigenvalue weighted by molar-refractivity contribution is 7.13. The van der Waals surface area contributed by atoms with Crippen LogP contribution in [0.5, 0.6) is 11.5 Å². The lowest BCUT2D eigenvalue weighted by Gasteiger charge is -2.16. The van der Waals surface area contributed by atoms with Crippen LogP contribution >= 0.6 is 11.3 Å². The second-order valence-corrected chi connectivity index (χ2v) is 5.61. The molecule has 1 aliphatic rings. The molecule has 1 saturated carbocycles. The number of hydrogen-bond donors (Lipinski definition) is 1. The second kappa shape index (κ2) is 4.42. The predicted octanol–water partition coefficient (Wildman–Crippen LogP) is 2.82. The average Bonchev–Trinajstić information content (AvgIpc) is 3.14. The van der Waals surface area contributed by atoms with Gasteiger partial charge in [-0.25, -0.2) is 4.98 Å². The number of rotatable bonds is 4. The number of nitrogen functional groups attached to an aromatic ring is 1. The zero-order chi connectivity index (χ0) is 13.5. The van der Waals surface area contributed by atoms with Gasteiger partial charge in [0, 0.05) is 10.8 Å². The number of anilines is 1. The highest BCUT2D eigenvalue weighted by Crippen LogP contribution is 2.54. The topological polar surface area (TPSA) is 57.4 Å². The molecule has 100 valence electrons. The molecule has 0 atom stereocenters. The number of methoxy groups -OCH3 is 2. The lowest BCUT2D eigenvalue weighted by Crippen LogP contribution is -2.09. The molecule has 19 heavy (non-hydrogen) atoms. The number of thiazole rings is 1. The van der Waals surface area contributed by atoms with Crippen molar-refractivity contribution in [3.05, 3.63) is 34.8 Å². The largest absolute Gasteiger partial charge is 0.493 e. The molecule has 1 aliphatic carbocycles. The Balaban J connectivity index is 2.02. The smallest absolute Gasteiger partial charge is 0.180 e. The van der Waals surface area contributed by atoms with Crippen LogP contribution < -0.4 is 15.2 Å². The molecular formula is C14H16N2O2S. The molecule has 2 N–H and O–H groups in total. The van der Waals surface area contributed by atoms with E-state index in [-0.39, 0.29) is 5.41 Å². The van der Waals surface area contributed by atoms with Crippen molar-refractivity contribution in [2.45, 2.75) is 18.3 Å². The van der Waals surface area contributed by atoms with Gasteiger partial charge in [-0.1, -0.05) is 6.07 Å². The van der Waals surface area contributed by atoms with Gasteiger partial charge < -0.3 is 15.2 Å². The molecule has 0 bridgehead atoms. The predicted molar refractivity (Wildman–Crippen MR) is 76.1 cm³/mol. The van der Waals surface area contributed by atoms with Gasteiger partial charge in [0.25, 0.3) is 0 Å². The van der Waals surface area contributed by atoms with E-state index < -0.39 is 0 Å². The van der Waals surface area contributed by atoms with Crippen LogP contribution in [0.15, 0.2) is 23.6 Å². The molecule has 1 aromatic carbocycles. The first kappa shape index (κ1) is 12.3. The Morgan fingerprint density at radius 2 is 1.95 bits per heavy atom. The van der Waals surface area contributed by atoms with Gasteiger partial charge in [0.2, 0.25) is 0 Å². The zero-order valence-electron chi connectivity index (χ0n) is 11.0. The minimum absolute atomic E-state index is 0.0215. The van der Waals surface area contributed by atoms with E-state index in [2.05, 4.69) is 16.4 Å². The lowest BCUT2D eigenvalue weighted by molar-refractivity contribution is 0.354. The van der Waals surface area contributed by atoms with Crippen molar-refractivity contribution in [2.24, 2.45) is 0 Å². The Labute approximate surface area is 116 Å². The minimum atomic E-state index is 0.0215. The SMILES string of the molecule is COc1ccc(C2(c3csc(N)n3)CC2)cc1OC. The van der Waals surface area contributed by atoms with Crippen LogP contribution in [0, 0.1) is 0 Å². The molecule has 0 spiro atoms. The first-order valence-corrected chi connectivity index (χ1v) is 7.01. The summed E-state index contributed by atoms with van der Waals surface area (Å²) in [6.45, 7) is 0. The molecular weight excluding hydrogens is 260 g/mol. The number of nitrogens with two attached hydrogens (primary N) is 1. The monoisotopic (exact) mass is 276 g/mol. The summed E-state index contributed by atoms with van der Waals surface area (Å²) in [7, 11) is 3.30. The van der Waals surface area contributed by atoms with E-state index in [9.17, 15) is 0 Å². The van der Waals surface area contributed by atoms with Gasteiger partial charge >= 0.3 is 0 Å². The molecule has 4 nitrogen and oxygen atoms in total. The molecule has 5 heteroatoms. The van der Waals surface area contributed by atoms with Crippen LogP contribution in [-0.4, -0.2) is 19.2 Å². The van der Waals surface area contributed by atoms with E-state index in [1.54, 1.807) is 14.2 Å². The molecule has 1 aromatic heterocycles. The summed E-state index contributed by atoms with van der Waals surface area (Å²) in [6.07, 6.45) is 2.21. The van der Waals surface area contributed by atoms with Gasteiger partial charge in [-0.05, 0) is 30.5 Å². The fraction of sp³-hybridized carbons (Fsp3) is 0.357. The third kappa shape index (κ3) is 1.94. The number of benzene rings is 1. The Hall–Kier alpha value is -1.75. The van der Waals surface area contributed by atoms with Crippen LogP contribution in [0.25, 0.3) is 0 Å². The normalized spacial score (nSPS) is 16.1. The van der Waals surface area contributed by atoms with Crippen LogP contribution in [0.2, 0.25) is 0 Å². The molecule has 1 fully saturated rings. The summed E-state index contributed by atoms with van der Waals surface area (Å²) in [5.74, 6) is 1.51. The van der Waals surface area contributed by atoms with Crippen molar-refractivity contribution in [1.82, 2.24) is 4.98 Å². The standard InChI is InChI=1S/C14H16N2O2S/c1-17-10-4-3-9(7-11(10)18-2)14(5-6-14)12-8-19-13(15)16-12/h3-4,7-8H,5-6H2,1-2H3,(H2,15,16). The maximum Gasteiger partial charge on any atom is 0.180 e. The van der Waals surface area contributed by atoms with Crippen LogP contribution in [-0.2, 0) is 5.41 Å². The molecule has 2 aromatic rings. The van der Waals surface area contributed by atoms with E-state index in [0.717, 1.165) is 30.0 Å². The van der Waals surface area contributed by atoms with Crippen molar-refractivity contribution in [1.29, 1.82) is 0 Å². The molecule has 0 radical (unpaired) electrons. The fourth-order valence-electron chi connectivity index (χ4n) is 2.46. The van der Waals surface area contributed by atoms with Gasteiger partial charge in [0.05, 0.1) is 19.9 Å². The number of aromatic nitrogens is 1. The van der Waals surface area contributed by atoms with Gasteiger partial charge in [0.15, 0.2) is 16.6 Å². The van der Waals surface area contributed by atoms with E-state index in [4.69, 9.17) is 15.2 Å². The summed E-state index contributed by atoms with van der Waals surface area (Å²) in [6, 6.07) is 6.08. The second-order valence-electron chi connectivity index (χ2n) is 4.72. The van der Waals surface area contributed by atoms with Crippen LogP contribution in [0.1, 0.15) is 24.1 Å². The molecule has 0 amide bonds. The zero-order valence-corrected chi connectivity index (χ0v) is 11.8. The summed E-state index contributed by atoms with van der Waals surface area (Å²) in [5.41, 5.74) is 8.06. The van der Waals surface area contributed by atoms with Crippen molar-refractivity contribution in [3.8, 4) is 11.5 Å². The van der Waals surface area contributed by atoms with Gasteiger partial charge in [-0.15, -0.1) is 11.3 Å². The fourth-order valence-corrected chi connectivity index (χ4v) is 3.12. The highest BCUT2D eigenvalue weighted by atomic mass is 32.1. The lowest BCUT2D eigenvalue weighted by atomic mass is 9.93. The first-order valence-electron chi connectivity index (χ1n) is 6.13.